The highest BCUT2D eigenvalue weighted by molar-refractivity contribution is 5.79. The van der Waals surface area contributed by atoms with E-state index in [1.807, 2.05) is 0 Å². The maximum absolute atomic E-state index is 4.75. The van der Waals surface area contributed by atoms with Crippen LogP contribution in [0.2, 0.25) is 0 Å². The molecule has 2 N–H and O–H groups in total. The molecule has 0 bridgehead atoms. The zero-order valence-electron chi connectivity index (χ0n) is 16.7. The van der Waals surface area contributed by atoms with E-state index < -0.39 is 0 Å². The lowest BCUT2D eigenvalue weighted by atomic mass is 10.0. The molecule has 2 aliphatic heterocycles. The van der Waals surface area contributed by atoms with Crippen LogP contribution in [-0.4, -0.2) is 74.7 Å². The Morgan fingerprint density at radius 2 is 1.76 bits per heavy atom. The van der Waals surface area contributed by atoms with Gasteiger partial charge < -0.3 is 20.4 Å². The van der Waals surface area contributed by atoms with Gasteiger partial charge in [0, 0.05) is 32.7 Å². The lowest BCUT2D eigenvalue weighted by molar-refractivity contribution is 0.181. The molecule has 0 aliphatic carbocycles. The second-order valence-electron chi connectivity index (χ2n) is 7.84. The minimum absolute atomic E-state index is 0.885. The Morgan fingerprint density at radius 1 is 0.960 bits per heavy atom. The Bertz CT molecular complexity index is 365. The summed E-state index contributed by atoms with van der Waals surface area (Å²) in [5, 5.41) is 6.88. The normalized spacial score (nSPS) is 23.6. The van der Waals surface area contributed by atoms with Crippen molar-refractivity contribution in [1.29, 1.82) is 0 Å². The van der Waals surface area contributed by atoms with E-state index in [9.17, 15) is 0 Å². The van der Waals surface area contributed by atoms with E-state index in [1.165, 1.54) is 77.7 Å². The molecule has 0 aromatic carbocycles. The first-order valence-electron chi connectivity index (χ1n) is 10.7. The molecule has 5 heteroatoms. The van der Waals surface area contributed by atoms with Crippen LogP contribution in [0.3, 0.4) is 0 Å². The van der Waals surface area contributed by atoms with Crippen LogP contribution in [0.4, 0.5) is 0 Å². The molecule has 0 spiro atoms. The van der Waals surface area contributed by atoms with Gasteiger partial charge in [-0.25, -0.2) is 0 Å². The van der Waals surface area contributed by atoms with Crippen LogP contribution < -0.4 is 10.6 Å². The van der Waals surface area contributed by atoms with E-state index >= 15 is 0 Å². The molecule has 0 saturated carbocycles. The van der Waals surface area contributed by atoms with Gasteiger partial charge in [0.1, 0.15) is 0 Å². The van der Waals surface area contributed by atoms with Crippen LogP contribution in [0.1, 0.15) is 58.8 Å². The fourth-order valence-electron chi connectivity index (χ4n) is 3.99. The summed E-state index contributed by atoms with van der Waals surface area (Å²) in [5.41, 5.74) is 0. The highest BCUT2D eigenvalue weighted by atomic mass is 15.2. The molecule has 0 amide bonds. The number of unbranched alkanes of at least 4 members (excludes halogenated alkanes) is 1. The Morgan fingerprint density at radius 3 is 2.52 bits per heavy atom. The molecule has 2 heterocycles. The minimum atomic E-state index is 0.885. The van der Waals surface area contributed by atoms with Crippen LogP contribution in [0.25, 0.3) is 0 Å². The fraction of sp³-hybridized carbons (Fsp3) is 0.950. The van der Waals surface area contributed by atoms with Gasteiger partial charge in [0.25, 0.3) is 0 Å². The van der Waals surface area contributed by atoms with E-state index in [0.29, 0.717) is 0 Å². The lowest BCUT2D eigenvalue weighted by Gasteiger charge is -2.30. The summed E-state index contributed by atoms with van der Waals surface area (Å²) in [6.45, 7) is 14.9. The number of guanidine groups is 1. The summed E-state index contributed by atoms with van der Waals surface area (Å²) in [6, 6.07) is 0. The Balaban J connectivity index is 1.56. The van der Waals surface area contributed by atoms with Gasteiger partial charge in [-0.05, 0) is 77.5 Å². The number of nitrogens with zero attached hydrogens (tertiary/aromatic N) is 3. The van der Waals surface area contributed by atoms with Crippen LogP contribution >= 0.6 is 0 Å². The third kappa shape index (κ3) is 8.91. The Labute approximate surface area is 155 Å². The van der Waals surface area contributed by atoms with Crippen molar-refractivity contribution in [3.05, 3.63) is 0 Å². The van der Waals surface area contributed by atoms with Gasteiger partial charge in [-0.2, -0.15) is 0 Å². The summed E-state index contributed by atoms with van der Waals surface area (Å²) in [7, 11) is 0. The van der Waals surface area contributed by atoms with Crippen LogP contribution in [0.5, 0.6) is 0 Å². The van der Waals surface area contributed by atoms with Gasteiger partial charge in [-0.1, -0.05) is 13.3 Å². The van der Waals surface area contributed by atoms with Crippen molar-refractivity contribution >= 4 is 5.96 Å². The molecule has 2 fully saturated rings. The quantitative estimate of drug-likeness (QED) is 0.381. The van der Waals surface area contributed by atoms with Gasteiger partial charge in [0.15, 0.2) is 5.96 Å². The van der Waals surface area contributed by atoms with Gasteiger partial charge in [-0.15, -0.1) is 0 Å². The molecular formula is C20H41N5. The van der Waals surface area contributed by atoms with Crippen molar-refractivity contribution in [1.82, 2.24) is 20.4 Å². The molecule has 146 valence electrons. The standard InChI is InChI=1S/C20H41N5/c1-3-21-20(23-12-17-24-13-6-4-7-14-24)22-11-5-8-15-25-16-9-10-19(2)18-25/h19H,3-18H2,1-2H3,(H2,21,22,23). The van der Waals surface area contributed by atoms with Crippen LogP contribution in [-0.2, 0) is 0 Å². The molecule has 0 radical (unpaired) electrons. The van der Waals surface area contributed by atoms with Crippen LogP contribution in [0.15, 0.2) is 4.99 Å². The van der Waals surface area contributed by atoms with Crippen molar-refractivity contribution in [3.8, 4) is 0 Å². The van der Waals surface area contributed by atoms with Gasteiger partial charge in [-0.3, -0.25) is 4.99 Å². The van der Waals surface area contributed by atoms with E-state index in [-0.39, 0.29) is 0 Å². The summed E-state index contributed by atoms with van der Waals surface area (Å²) in [5.74, 6) is 1.88. The topological polar surface area (TPSA) is 42.9 Å². The molecule has 5 nitrogen and oxygen atoms in total. The predicted octanol–water partition coefficient (Wildman–Crippen LogP) is 2.54. The van der Waals surface area contributed by atoms with E-state index in [4.69, 9.17) is 4.99 Å². The number of hydrogen-bond acceptors (Lipinski definition) is 3. The molecule has 0 aromatic rings. The van der Waals surface area contributed by atoms with Gasteiger partial charge >= 0.3 is 0 Å². The van der Waals surface area contributed by atoms with E-state index in [1.54, 1.807) is 0 Å². The molecule has 1 unspecified atom stereocenters. The molecule has 2 aliphatic rings. The maximum atomic E-state index is 4.75. The Kier molecular flexibility index (Phi) is 10.3. The number of aliphatic imine (C=N–C) groups is 1. The van der Waals surface area contributed by atoms with Crippen molar-refractivity contribution < 1.29 is 0 Å². The third-order valence-corrected chi connectivity index (χ3v) is 5.41. The highest BCUT2D eigenvalue weighted by Gasteiger charge is 2.15. The van der Waals surface area contributed by atoms with Crippen LogP contribution in [0, 0.1) is 5.92 Å². The molecular weight excluding hydrogens is 310 g/mol. The minimum Gasteiger partial charge on any atom is -0.357 e. The van der Waals surface area contributed by atoms with Crippen molar-refractivity contribution in [3.63, 3.8) is 0 Å². The average molecular weight is 352 g/mol. The average Bonchev–Trinajstić information content (AvgIpc) is 2.62. The summed E-state index contributed by atoms with van der Waals surface area (Å²) in [4.78, 5) is 9.96. The van der Waals surface area contributed by atoms with Gasteiger partial charge in [0.2, 0.25) is 0 Å². The summed E-state index contributed by atoms with van der Waals surface area (Å²) >= 11 is 0. The zero-order chi connectivity index (χ0) is 17.7. The molecule has 1 atom stereocenters. The monoisotopic (exact) mass is 351 g/mol. The van der Waals surface area contributed by atoms with E-state index in [2.05, 4.69) is 34.3 Å². The molecule has 2 saturated heterocycles. The number of hydrogen-bond donors (Lipinski definition) is 2. The lowest BCUT2D eigenvalue weighted by Crippen LogP contribution is -2.42. The fourth-order valence-corrected chi connectivity index (χ4v) is 3.99. The molecule has 0 aromatic heterocycles. The number of nitrogens with one attached hydrogen (secondary N) is 2. The largest absolute Gasteiger partial charge is 0.357 e. The first-order chi connectivity index (χ1) is 12.3. The number of piperidine rings is 2. The SMILES string of the molecule is CCNC(=NCCCCN1CCCC(C)C1)NCCN1CCCCC1. The second kappa shape index (κ2) is 12.5. The first kappa shape index (κ1) is 20.5. The number of likely N-dealkylation sites (tertiary alicyclic amines) is 2. The molecule has 2 rings (SSSR count). The second-order valence-corrected chi connectivity index (χ2v) is 7.84. The predicted molar refractivity (Wildman–Crippen MR) is 108 cm³/mol. The maximum Gasteiger partial charge on any atom is 0.191 e. The van der Waals surface area contributed by atoms with Crippen molar-refractivity contribution in [2.45, 2.75) is 58.8 Å². The smallest absolute Gasteiger partial charge is 0.191 e. The third-order valence-electron chi connectivity index (χ3n) is 5.41. The summed E-state index contributed by atoms with van der Waals surface area (Å²) in [6.07, 6.45) is 9.38. The van der Waals surface area contributed by atoms with Crippen molar-refractivity contribution in [2.75, 3.05) is 58.9 Å². The van der Waals surface area contributed by atoms with Crippen molar-refractivity contribution in [2.24, 2.45) is 10.9 Å². The zero-order valence-corrected chi connectivity index (χ0v) is 16.7. The Hall–Kier alpha value is -0.810. The first-order valence-corrected chi connectivity index (χ1v) is 10.7. The number of rotatable bonds is 9. The van der Waals surface area contributed by atoms with Gasteiger partial charge in [0.05, 0.1) is 0 Å². The van der Waals surface area contributed by atoms with E-state index in [0.717, 1.165) is 38.1 Å². The summed E-state index contributed by atoms with van der Waals surface area (Å²) < 4.78 is 0. The molecule has 25 heavy (non-hydrogen) atoms. The highest BCUT2D eigenvalue weighted by Crippen LogP contribution is 2.15.